The number of carbonyl (C=O) groups excluding carboxylic acids is 4. The molecular formula is C50H54N2O10S. The summed E-state index contributed by atoms with van der Waals surface area (Å²) in [6.07, 6.45) is 7.38. The average Bonchev–Trinajstić information content (AvgIpc) is 4.15. The first-order chi connectivity index (χ1) is 30.5. The summed E-state index contributed by atoms with van der Waals surface area (Å²) in [5.41, 5.74) is 0.847. The summed E-state index contributed by atoms with van der Waals surface area (Å²) in [6.45, 7) is 5.87. The molecule has 4 saturated carbocycles. The van der Waals surface area contributed by atoms with E-state index < -0.39 is 46.2 Å². The van der Waals surface area contributed by atoms with Gasteiger partial charge in [0.2, 0.25) is 0 Å². The number of benzene rings is 2. The Morgan fingerprint density at radius 1 is 0.730 bits per heavy atom. The van der Waals surface area contributed by atoms with E-state index >= 15 is 0 Å². The minimum atomic E-state index is -1.10. The van der Waals surface area contributed by atoms with Crippen LogP contribution in [-0.2, 0) is 60.4 Å². The van der Waals surface area contributed by atoms with E-state index in [0.29, 0.717) is 48.8 Å². The highest BCUT2D eigenvalue weighted by molar-refractivity contribution is 7.12. The molecule has 2 saturated heterocycles. The lowest BCUT2D eigenvalue weighted by atomic mass is 9.46. The molecule has 1 N–H and O–H groups in total. The van der Waals surface area contributed by atoms with Crippen molar-refractivity contribution in [3.8, 4) is 23.0 Å². The predicted octanol–water partition coefficient (Wildman–Crippen LogP) is 5.21. The number of likely N-dealkylation sites (tertiary alicyclic amines) is 2. The smallest absolute Gasteiger partial charge is 0.316 e. The zero-order chi connectivity index (χ0) is 42.8. The molecule has 63 heavy (non-hydrogen) atoms. The molecule has 9 atom stereocenters. The Kier molecular flexibility index (Phi) is 8.39. The molecular weight excluding hydrogens is 821 g/mol. The zero-order valence-corrected chi connectivity index (χ0v) is 36.8. The maximum absolute atomic E-state index is 13.9. The van der Waals surface area contributed by atoms with Crippen LogP contribution in [0.3, 0.4) is 0 Å². The van der Waals surface area contributed by atoms with E-state index in [1.54, 1.807) is 13.2 Å². The van der Waals surface area contributed by atoms with Gasteiger partial charge in [0.15, 0.2) is 46.8 Å². The summed E-state index contributed by atoms with van der Waals surface area (Å²) in [7, 11) is 1.80. The van der Waals surface area contributed by atoms with E-state index in [4.69, 9.17) is 23.7 Å². The number of esters is 2. The summed E-state index contributed by atoms with van der Waals surface area (Å²) in [5, 5.41) is 12.6. The number of hydrogen-bond donors (Lipinski definition) is 1. The van der Waals surface area contributed by atoms with Gasteiger partial charge in [-0.2, -0.15) is 0 Å². The maximum atomic E-state index is 13.9. The molecule has 6 aliphatic carbocycles. The largest absolute Gasteiger partial charge is 0.477 e. The van der Waals surface area contributed by atoms with Gasteiger partial charge in [-0.25, -0.2) is 0 Å². The van der Waals surface area contributed by atoms with Gasteiger partial charge < -0.3 is 28.8 Å². The molecule has 1 unspecified atom stereocenters. The molecule has 13 rings (SSSR count). The molecule has 330 valence electrons. The van der Waals surface area contributed by atoms with Gasteiger partial charge in [-0.1, -0.05) is 19.1 Å². The minimum Gasteiger partial charge on any atom is -0.477 e. The van der Waals surface area contributed by atoms with Gasteiger partial charge in [-0.15, -0.1) is 11.3 Å². The van der Waals surface area contributed by atoms with Crippen LogP contribution in [0.5, 0.6) is 23.0 Å². The van der Waals surface area contributed by atoms with Gasteiger partial charge in [-0.05, 0) is 124 Å². The normalized spacial score (nSPS) is 36.6. The lowest BCUT2D eigenvalue weighted by Gasteiger charge is -2.66. The maximum Gasteiger partial charge on any atom is 0.316 e. The standard InChI is InChI=1S/C50H54N2O10S/c1-26-19-34(54)46-48-16-18-52(25-28-5-6-28)38(50(26,48)58-2)21-30-8-12-36(44(62-46)42(30)48)60-40(56)23-32-10-9-31(63-32)22-39(55)59-35-11-7-29-20-37-49(57)14-13-33(53)45-47(49,41(29)43(35)61-45)15-17-51(37)24-27-3-4-27/h7-12,26-28,37-38,45-46,57H,3-6,13-25H2,1-2H3/t26?,37-,38-,45+,46+,47+,48+,49-,50-/m1/s1. The Morgan fingerprint density at radius 2 is 1.27 bits per heavy atom. The number of carbonyl (C=O) groups is 4. The Bertz CT molecular complexity index is 2530. The van der Waals surface area contributed by atoms with Crippen molar-refractivity contribution in [1.29, 1.82) is 0 Å². The van der Waals surface area contributed by atoms with Crippen molar-refractivity contribution in [1.82, 2.24) is 9.80 Å². The van der Waals surface area contributed by atoms with Crippen molar-refractivity contribution in [2.75, 3.05) is 33.3 Å². The van der Waals surface area contributed by atoms with E-state index in [-0.39, 0.29) is 54.6 Å². The number of nitrogens with zero attached hydrogens (tertiary/aromatic N) is 2. The molecule has 0 amide bonds. The molecule has 3 aromatic rings. The number of thiophene rings is 1. The van der Waals surface area contributed by atoms with Crippen LogP contribution >= 0.6 is 11.3 Å². The summed E-state index contributed by atoms with van der Waals surface area (Å²) in [5.74, 6) is 2.06. The summed E-state index contributed by atoms with van der Waals surface area (Å²) >= 11 is 1.35. The monoisotopic (exact) mass is 874 g/mol. The van der Waals surface area contributed by atoms with Crippen LogP contribution in [0.1, 0.15) is 96.7 Å². The van der Waals surface area contributed by atoms with Crippen LogP contribution in [0, 0.1) is 17.8 Å². The van der Waals surface area contributed by atoms with Crippen LogP contribution < -0.4 is 18.9 Å². The Morgan fingerprint density at radius 3 is 1.86 bits per heavy atom. The number of piperidine rings is 2. The van der Waals surface area contributed by atoms with E-state index in [9.17, 15) is 24.3 Å². The van der Waals surface area contributed by atoms with Gasteiger partial charge in [0, 0.05) is 66.0 Å². The van der Waals surface area contributed by atoms with E-state index in [1.165, 1.54) is 37.0 Å². The van der Waals surface area contributed by atoms with Crippen molar-refractivity contribution in [2.45, 2.75) is 137 Å². The second kappa shape index (κ2) is 13.5. The molecule has 1 aromatic heterocycles. The highest BCUT2D eigenvalue weighted by Crippen LogP contribution is 2.68. The minimum absolute atomic E-state index is 0.000954. The first-order valence-electron chi connectivity index (χ1n) is 23.4. The number of hydrogen-bond acceptors (Lipinski definition) is 13. The number of Topliss-reactive ketones (excluding diaryl/α,β-unsaturated/α-hetero) is 2. The quantitative estimate of drug-likeness (QED) is 0.200. The molecule has 12 nitrogen and oxygen atoms in total. The second-order valence-corrected chi connectivity index (χ2v) is 22.0. The van der Waals surface area contributed by atoms with Gasteiger partial charge in [0.05, 0.1) is 29.3 Å². The Labute approximate surface area is 370 Å². The fraction of sp³-hybridized carbons (Fsp3) is 0.600. The van der Waals surface area contributed by atoms with Crippen molar-refractivity contribution >= 4 is 34.8 Å². The molecule has 4 aliphatic heterocycles. The molecule has 2 aromatic carbocycles. The molecule has 5 heterocycles. The van der Waals surface area contributed by atoms with Gasteiger partial charge in [-0.3, -0.25) is 29.0 Å². The molecule has 0 radical (unpaired) electrons. The first-order valence-corrected chi connectivity index (χ1v) is 24.2. The second-order valence-electron chi connectivity index (χ2n) is 20.7. The lowest BCUT2D eigenvalue weighted by molar-refractivity contribution is -0.223. The average molecular weight is 875 g/mol. The molecule has 6 fully saturated rings. The van der Waals surface area contributed by atoms with Gasteiger partial charge >= 0.3 is 11.9 Å². The molecule has 2 spiro atoms. The summed E-state index contributed by atoms with van der Waals surface area (Å²) in [4.78, 5) is 61.2. The van der Waals surface area contributed by atoms with Crippen LogP contribution in [0.15, 0.2) is 36.4 Å². The third-order valence-electron chi connectivity index (χ3n) is 17.6. The van der Waals surface area contributed by atoms with Crippen LogP contribution in [0.4, 0.5) is 0 Å². The van der Waals surface area contributed by atoms with Crippen molar-refractivity contribution in [3.05, 3.63) is 68.4 Å². The fourth-order valence-corrected chi connectivity index (χ4v) is 15.8. The number of methoxy groups -OCH3 is 1. The number of ketones is 2. The van der Waals surface area contributed by atoms with E-state index in [1.807, 2.05) is 24.3 Å². The van der Waals surface area contributed by atoms with Crippen LogP contribution in [0.2, 0.25) is 0 Å². The Hall–Kier alpha value is -4.14. The fourth-order valence-electron chi connectivity index (χ4n) is 14.8. The van der Waals surface area contributed by atoms with Crippen molar-refractivity contribution in [2.24, 2.45) is 17.8 Å². The number of rotatable bonds is 11. The summed E-state index contributed by atoms with van der Waals surface area (Å²) < 4.78 is 32.0. The lowest BCUT2D eigenvalue weighted by Crippen LogP contribution is -2.79. The third kappa shape index (κ3) is 5.23. The Balaban J connectivity index is 0.720. The van der Waals surface area contributed by atoms with Crippen LogP contribution in [0.25, 0.3) is 0 Å². The SMILES string of the molecule is CO[C@@]12C(C)CC(=O)[C@@H]3Oc4c(OC(=O)Cc5ccc(CC(=O)Oc6ccc7c8c6O[C@H]6C(=O)CC[C@@]9(O)[C@@H](C7)N(CC7CC7)CC[C@]869)s5)ccc5c4[C@@]31CCN(CC1CC1)[C@@H]2C5. The number of ether oxygens (including phenoxy) is 5. The molecule has 13 heteroatoms. The topological polar surface area (TPSA) is 141 Å². The van der Waals surface area contributed by atoms with E-state index in [0.717, 1.165) is 76.9 Å². The highest BCUT2D eigenvalue weighted by Gasteiger charge is 2.77. The van der Waals surface area contributed by atoms with Crippen molar-refractivity contribution in [3.63, 3.8) is 0 Å². The molecule has 10 aliphatic rings. The van der Waals surface area contributed by atoms with Gasteiger partial charge in [0.25, 0.3) is 0 Å². The van der Waals surface area contributed by atoms with Gasteiger partial charge in [0.1, 0.15) is 5.60 Å². The first kappa shape index (κ1) is 39.2. The highest BCUT2D eigenvalue weighted by atomic mass is 32.1. The third-order valence-corrected chi connectivity index (χ3v) is 18.7. The molecule has 4 bridgehead atoms. The van der Waals surface area contributed by atoms with E-state index in [2.05, 4.69) is 22.8 Å². The summed E-state index contributed by atoms with van der Waals surface area (Å²) in [6, 6.07) is 11.4. The number of aliphatic hydroxyl groups is 1. The predicted molar refractivity (Wildman–Crippen MR) is 229 cm³/mol. The van der Waals surface area contributed by atoms with Crippen LogP contribution in [-0.4, -0.2) is 107 Å². The van der Waals surface area contributed by atoms with Crippen molar-refractivity contribution < 1.29 is 48.0 Å². The zero-order valence-electron chi connectivity index (χ0n) is 36.0.